The summed E-state index contributed by atoms with van der Waals surface area (Å²) < 4.78 is 15.4. The summed E-state index contributed by atoms with van der Waals surface area (Å²) in [6.45, 7) is 2.05. The summed E-state index contributed by atoms with van der Waals surface area (Å²) in [5.41, 5.74) is 1.68. The molecule has 1 saturated heterocycles. The summed E-state index contributed by atoms with van der Waals surface area (Å²) >= 11 is 0. The summed E-state index contributed by atoms with van der Waals surface area (Å²) in [6.07, 6.45) is 2.17. The van der Waals surface area contributed by atoms with Gasteiger partial charge in [0, 0.05) is 18.4 Å². The summed E-state index contributed by atoms with van der Waals surface area (Å²) in [4.78, 5) is 0. The topological polar surface area (TPSA) is 29.9 Å². The lowest BCUT2D eigenvalue weighted by molar-refractivity contribution is 0.451. The first kappa shape index (κ1) is 10.7. The quantitative estimate of drug-likeness (QED) is 0.818. The average Bonchev–Trinajstić information content (AvgIpc) is 2.69. The predicted molar refractivity (Wildman–Crippen MR) is 65.5 cm³/mol. The van der Waals surface area contributed by atoms with Crippen LogP contribution in [0.15, 0.2) is 18.2 Å². The number of benzene rings is 1. The van der Waals surface area contributed by atoms with Crippen LogP contribution >= 0.6 is 0 Å². The van der Waals surface area contributed by atoms with Crippen molar-refractivity contribution >= 4 is 10.9 Å². The molecule has 0 bridgehead atoms. The minimum absolute atomic E-state index is 0.183. The number of hydrogen-bond donors (Lipinski definition) is 1. The van der Waals surface area contributed by atoms with Gasteiger partial charge < -0.3 is 5.32 Å². The highest BCUT2D eigenvalue weighted by Crippen LogP contribution is 2.31. The second-order valence-electron chi connectivity index (χ2n) is 4.67. The zero-order valence-corrected chi connectivity index (χ0v) is 9.91. The van der Waals surface area contributed by atoms with Crippen LogP contribution < -0.4 is 5.32 Å². The van der Waals surface area contributed by atoms with E-state index in [1.807, 2.05) is 13.1 Å². The Hall–Kier alpha value is -1.42. The van der Waals surface area contributed by atoms with Crippen LogP contribution in [-0.2, 0) is 7.05 Å². The molecule has 2 aromatic rings. The van der Waals surface area contributed by atoms with Gasteiger partial charge in [0.25, 0.3) is 0 Å². The summed E-state index contributed by atoms with van der Waals surface area (Å²) in [5, 5.41) is 8.84. The maximum atomic E-state index is 13.8. The number of para-hydroxylation sites is 1. The third-order valence-electron chi connectivity index (χ3n) is 3.57. The SMILES string of the molecule is Cn1nc(C2CCNCC2)c2cccc(F)c21. The number of fused-ring (bicyclic) bond motifs is 1. The average molecular weight is 233 g/mol. The Morgan fingerprint density at radius 2 is 2.12 bits per heavy atom. The number of aryl methyl sites for hydroxylation is 1. The fourth-order valence-electron chi connectivity index (χ4n) is 2.71. The molecule has 0 radical (unpaired) electrons. The molecule has 17 heavy (non-hydrogen) atoms. The molecule has 0 amide bonds. The Kier molecular flexibility index (Phi) is 2.59. The third kappa shape index (κ3) is 1.72. The second kappa shape index (κ2) is 4.11. The minimum atomic E-state index is -0.183. The van der Waals surface area contributed by atoms with E-state index in [0.29, 0.717) is 11.4 Å². The predicted octanol–water partition coefficient (Wildman–Crippen LogP) is 2.18. The van der Waals surface area contributed by atoms with Gasteiger partial charge in [0.2, 0.25) is 0 Å². The Labute approximate surface area is 99.6 Å². The standard InChI is InChI=1S/C13H16FN3/c1-17-13-10(3-2-4-11(13)14)12(16-17)9-5-7-15-8-6-9/h2-4,9,15H,5-8H2,1H3. The number of halogens is 1. The van der Waals surface area contributed by atoms with Crippen molar-refractivity contribution in [2.45, 2.75) is 18.8 Å². The molecule has 90 valence electrons. The van der Waals surface area contributed by atoms with Crippen LogP contribution in [0.25, 0.3) is 10.9 Å². The molecule has 0 aliphatic carbocycles. The van der Waals surface area contributed by atoms with Crippen molar-refractivity contribution in [1.82, 2.24) is 15.1 Å². The van der Waals surface area contributed by atoms with Crippen molar-refractivity contribution in [3.8, 4) is 0 Å². The van der Waals surface area contributed by atoms with Gasteiger partial charge in [-0.25, -0.2) is 4.39 Å². The van der Waals surface area contributed by atoms with Crippen LogP contribution in [-0.4, -0.2) is 22.9 Å². The fourth-order valence-corrected chi connectivity index (χ4v) is 2.71. The number of aromatic nitrogens is 2. The van der Waals surface area contributed by atoms with E-state index in [0.717, 1.165) is 37.0 Å². The number of piperidine rings is 1. The van der Waals surface area contributed by atoms with Gasteiger partial charge >= 0.3 is 0 Å². The van der Waals surface area contributed by atoms with Gasteiger partial charge in [-0.05, 0) is 32.0 Å². The number of nitrogens with one attached hydrogen (secondary N) is 1. The fraction of sp³-hybridized carbons (Fsp3) is 0.462. The molecule has 1 fully saturated rings. The van der Waals surface area contributed by atoms with Gasteiger partial charge in [-0.2, -0.15) is 5.10 Å². The largest absolute Gasteiger partial charge is 0.317 e. The maximum Gasteiger partial charge on any atom is 0.149 e. The van der Waals surface area contributed by atoms with Crippen molar-refractivity contribution in [3.63, 3.8) is 0 Å². The number of hydrogen-bond acceptors (Lipinski definition) is 2. The Morgan fingerprint density at radius 1 is 1.35 bits per heavy atom. The summed E-state index contributed by atoms with van der Waals surface area (Å²) in [6, 6.07) is 5.24. The van der Waals surface area contributed by atoms with E-state index >= 15 is 0 Å². The van der Waals surface area contributed by atoms with Crippen molar-refractivity contribution in [2.24, 2.45) is 7.05 Å². The third-order valence-corrected chi connectivity index (χ3v) is 3.57. The van der Waals surface area contributed by atoms with Gasteiger partial charge in [-0.15, -0.1) is 0 Å². The van der Waals surface area contributed by atoms with Crippen molar-refractivity contribution < 1.29 is 4.39 Å². The normalized spacial score (nSPS) is 17.8. The molecule has 4 heteroatoms. The zero-order valence-electron chi connectivity index (χ0n) is 9.91. The number of nitrogens with zero attached hydrogens (tertiary/aromatic N) is 2. The molecule has 1 N–H and O–H groups in total. The molecule has 1 aliphatic heterocycles. The van der Waals surface area contributed by atoms with Gasteiger partial charge in [0.1, 0.15) is 11.3 Å². The first-order valence-corrected chi connectivity index (χ1v) is 6.09. The summed E-state index contributed by atoms with van der Waals surface area (Å²) in [5.74, 6) is 0.277. The van der Waals surface area contributed by atoms with Gasteiger partial charge in [0.05, 0.1) is 5.69 Å². The lowest BCUT2D eigenvalue weighted by atomic mass is 9.92. The van der Waals surface area contributed by atoms with E-state index in [9.17, 15) is 4.39 Å². The molecule has 3 nitrogen and oxygen atoms in total. The van der Waals surface area contributed by atoms with Crippen molar-refractivity contribution in [3.05, 3.63) is 29.7 Å². The van der Waals surface area contributed by atoms with Crippen LogP contribution in [0.3, 0.4) is 0 Å². The molecule has 2 heterocycles. The molecule has 1 aliphatic rings. The Morgan fingerprint density at radius 3 is 2.88 bits per heavy atom. The molecule has 1 aromatic carbocycles. The molecule has 0 atom stereocenters. The van der Waals surface area contributed by atoms with Crippen molar-refractivity contribution in [1.29, 1.82) is 0 Å². The molecular weight excluding hydrogens is 217 g/mol. The van der Waals surface area contributed by atoms with E-state index in [1.54, 1.807) is 10.7 Å². The minimum Gasteiger partial charge on any atom is -0.317 e. The monoisotopic (exact) mass is 233 g/mol. The van der Waals surface area contributed by atoms with Crippen LogP contribution in [0.4, 0.5) is 4.39 Å². The van der Waals surface area contributed by atoms with Gasteiger partial charge in [0.15, 0.2) is 0 Å². The van der Waals surface area contributed by atoms with E-state index in [1.165, 1.54) is 6.07 Å². The zero-order chi connectivity index (χ0) is 11.8. The van der Waals surface area contributed by atoms with Crippen LogP contribution in [0.5, 0.6) is 0 Å². The van der Waals surface area contributed by atoms with E-state index < -0.39 is 0 Å². The smallest absolute Gasteiger partial charge is 0.149 e. The maximum absolute atomic E-state index is 13.8. The molecule has 0 saturated carbocycles. The molecule has 0 spiro atoms. The highest BCUT2D eigenvalue weighted by atomic mass is 19.1. The molecule has 3 rings (SSSR count). The first-order valence-electron chi connectivity index (χ1n) is 6.09. The van der Waals surface area contributed by atoms with Gasteiger partial charge in [-0.1, -0.05) is 12.1 Å². The molecule has 1 aromatic heterocycles. The lowest BCUT2D eigenvalue weighted by Gasteiger charge is -2.21. The highest BCUT2D eigenvalue weighted by Gasteiger charge is 2.22. The molecule has 0 unspecified atom stereocenters. The Bertz CT molecular complexity index is 541. The second-order valence-corrected chi connectivity index (χ2v) is 4.67. The van der Waals surface area contributed by atoms with E-state index in [4.69, 9.17) is 0 Å². The first-order chi connectivity index (χ1) is 8.27. The van der Waals surface area contributed by atoms with E-state index in [-0.39, 0.29) is 5.82 Å². The summed E-state index contributed by atoms with van der Waals surface area (Å²) in [7, 11) is 1.82. The van der Waals surface area contributed by atoms with Crippen molar-refractivity contribution in [2.75, 3.05) is 13.1 Å². The van der Waals surface area contributed by atoms with Crippen LogP contribution in [0.1, 0.15) is 24.5 Å². The highest BCUT2D eigenvalue weighted by molar-refractivity contribution is 5.83. The molecular formula is C13H16FN3. The Balaban J connectivity index is 2.13. The van der Waals surface area contributed by atoms with Gasteiger partial charge in [-0.3, -0.25) is 4.68 Å². The van der Waals surface area contributed by atoms with Crippen LogP contribution in [0.2, 0.25) is 0 Å². The van der Waals surface area contributed by atoms with Crippen LogP contribution in [0, 0.1) is 5.82 Å². The lowest BCUT2D eigenvalue weighted by Crippen LogP contribution is -2.26. The number of rotatable bonds is 1. The van der Waals surface area contributed by atoms with E-state index in [2.05, 4.69) is 10.4 Å².